The number of hydrogen-bond donors (Lipinski definition) is 0. The first kappa shape index (κ1) is 10.5. The van der Waals surface area contributed by atoms with Crippen molar-refractivity contribution >= 4 is 12.5 Å². The Morgan fingerprint density at radius 1 is 1.31 bits per heavy atom. The van der Waals surface area contributed by atoms with Crippen LogP contribution in [-0.2, 0) is 6.54 Å². The predicted molar refractivity (Wildman–Crippen MR) is 56.9 cm³/mol. The van der Waals surface area contributed by atoms with Crippen molar-refractivity contribution in [3.8, 4) is 0 Å². The summed E-state index contributed by atoms with van der Waals surface area (Å²) >= 11 is 0. The molecular weight excluding hydrogens is 212 g/mol. The Labute approximate surface area is 91.1 Å². The van der Waals surface area contributed by atoms with Gasteiger partial charge in [0, 0.05) is 17.8 Å². The van der Waals surface area contributed by atoms with Gasteiger partial charge in [-0.2, -0.15) is 5.10 Å². The molecule has 1 heterocycles. The summed E-state index contributed by atoms with van der Waals surface area (Å²) in [7, 11) is 0. The lowest BCUT2D eigenvalue weighted by atomic mass is 10.2. The third-order valence-electron chi connectivity index (χ3n) is 2.15. The van der Waals surface area contributed by atoms with Crippen LogP contribution in [0.25, 0.3) is 0 Å². The Balaban J connectivity index is 2.26. The lowest BCUT2D eigenvalue weighted by Gasteiger charge is -2.03. The highest BCUT2D eigenvalue weighted by Gasteiger charge is 2.08. The molecule has 0 aliphatic rings. The first-order valence-corrected chi connectivity index (χ1v) is 4.64. The van der Waals surface area contributed by atoms with E-state index < -0.39 is 11.6 Å². The van der Waals surface area contributed by atoms with Crippen molar-refractivity contribution in [3.63, 3.8) is 0 Å². The van der Waals surface area contributed by atoms with Crippen LogP contribution in [0.1, 0.15) is 5.56 Å². The molecule has 0 unspecified atom stereocenters. The zero-order valence-electron chi connectivity index (χ0n) is 8.40. The van der Waals surface area contributed by atoms with Crippen LogP contribution in [-0.4, -0.2) is 16.5 Å². The van der Waals surface area contributed by atoms with Gasteiger partial charge in [-0.15, -0.1) is 0 Å². The Hall–Kier alpha value is -2.04. The minimum atomic E-state index is -0.855. The number of nitrogens with zero attached hydrogens (tertiary/aromatic N) is 3. The molecule has 0 saturated carbocycles. The third kappa shape index (κ3) is 1.98. The highest BCUT2D eigenvalue weighted by Crippen LogP contribution is 2.13. The maximum Gasteiger partial charge on any atom is 0.173 e. The summed E-state index contributed by atoms with van der Waals surface area (Å²) in [6.45, 7) is 3.49. The zero-order valence-corrected chi connectivity index (χ0v) is 8.40. The fourth-order valence-corrected chi connectivity index (χ4v) is 1.37. The number of aliphatic imine (C=N–C) groups is 1. The highest BCUT2D eigenvalue weighted by atomic mass is 19.2. The van der Waals surface area contributed by atoms with Crippen LogP contribution in [0, 0.1) is 11.6 Å². The Morgan fingerprint density at radius 3 is 2.81 bits per heavy atom. The molecular formula is C11H9F2N3. The highest BCUT2D eigenvalue weighted by molar-refractivity contribution is 5.38. The lowest BCUT2D eigenvalue weighted by molar-refractivity contribution is 0.492. The SMILES string of the molecule is C=Nc1ccn(Cc2cccc(F)c2F)n1. The number of hydrogen-bond acceptors (Lipinski definition) is 2. The molecule has 0 atom stereocenters. The maximum absolute atomic E-state index is 13.3. The van der Waals surface area contributed by atoms with Gasteiger partial charge in [0.2, 0.25) is 0 Å². The van der Waals surface area contributed by atoms with Crippen LogP contribution < -0.4 is 0 Å². The van der Waals surface area contributed by atoms with Crippen molar-refractivity contribution in [2.75, 3.05) is 0 Å². The minimum absolute atomic E-state index is 0.166. The summed E-state index contributed by atoms with van der Waals surface area (Å²) in [4.78, 5) is 3.62. The standard InChI is InChI=1S/C11H9F2N3/c1-14-10-5-6-16(15-10)7-8-3-2-4-9(12)11(8)13/h2-6H,1,7H2. The topological polar surface area (TPSA) is 30.2 Å². The molecule has 0 bridgehead atoms. The predicted octanol–water partition coefficient (Wildman–Crippen LogP) is 2.54. The van der Waals surface area contributed by atoms with E-state index in [1.807, 2.05) is 0 Å². The normalized spacial score (nSPS) is 10.4. The van der Waals surface area contributed by atoms with Crippen molar-refractivity contribution < 1.29 is 8.78 Å². The van der Waals surface area contributed by atoms with E-state index in [2.05, 4.69) is 16.8 Å². The zero-order chi connectivity index (χ0) is 11.5. The summed E-state index contributed by atoms with van der Waals surface area (Å²) in [6, 6.07) is 5.70. The molecule has 82 valence electrons. The van der Waals surface area contributed by atoms with Crippen LogP contribution in [0.5, 0.6) is 0 Å². The summed E-state index contributed by atoms with van der Waals surface area (Å²) in [5, 5.41) is 3.99. The van der Waals surface area contributed by atoms with E-state index in [1.54, 1.807) is 12.3 Å². The molecule has 2 rings (SSSR count). The first-order valence-electron chi connectivity index (χ1n) is 4.64. The monoisotopic (exact) mass is 221 g/mol. The number of aromatic nitrogens is 2. The van der Waals surface area contributed by atoms with Gasteiger partial charge >= 0.3 is 0 Å². The summed E-state index contributed by atoms with van der Waals surface area (Å²) in [6.07, 6.45) is 1.63. The van der Waals surface area contributed by atoms with E-state index in [0.717, 1.165) is 6.07 Å². The second-order valence-electron chi connectivity index (χ2n) is 3.24. The average Bonchev–Trinajstić information content (AvgIpc) is 2.73. The molecule has 0 radical (unpaired) electrons. The molecule has 0 saturated heterocycles. The van der Waals surface area contributed by atoms with Gasteiger partial charge in [-0.1, -0.05) is 12.1 Å². The van der Waals surface area contributed by atoms with Crippen molar-refractivity contribution in [1.29, 1.82) is 0 Å². The van der Waals surface area contributed by atoms with Gasteiger partial charge in [0.15, 0.2) is 17.5 Å². The van der Waals surface area contributed by atoms with Crippen molar-refractivity contribution in [2.24, 2.45) is 4.99 Å². The van der Waals surface area contributed by atoms with Crippen LogP contribution in [0.3, 0.4) is 0 Å². The summed E-state index contributed by atoms with van der Waals surface area (Å²) in [5.74, 6) is -1.24. The van der Waals surface area contributed by atoms with E-state index in [-0.39, 0.29) is 12.1 Å². The number of benzene rings is 1. The van der Waals surface area contributed by atoms with Crippen LogP contribution >= 0.6 is 0 Å². The van der Waals surface area contributed by atoms with E-state index in [4.69, 9.17) is 0 Å². The lowest BCUT2D eigenvalue weighted by Crippen LogP contribution is -2.03. The van der Waals surface area contributed by atoms with Gasteiger partial charge in [-0.05, 0) is 12.8 Å². The van der Waals surface area contributed by atoms with Gasteiger partial charge in [-0.3, -0.25) is 4.68 Å². The largest absolute Gasteiger partial charge is 0.266 e. The van der Waals surface area contributed by atoms with Crippen molar-refractivity contribution in [3.05, 3.63) is 47.7 Å². The maximum atomic E-state index is 13.3. The van der Waals surface area contributed by atoms with Gasteiger partial charge in [-0.25, -0.2) is 13.8 Å². The molecule has 0 aliphatic carbocycles. The molecule has 0 aliphatic heterocycles. The summed E-state index contributed by atoms with van der Waals surface area (Å²) in [5.41, 5.74) is 0.249. The second-order valence-corrected chi connectivity index (χ2v) is 3.24. The number of halogens is 2. The van der Waals surface area contributed by atoms with Gasteiger partial charge in [0.25, 0.3) is 0 Å². The van der Waals surface area contributed by atoms with Crippen LogP contribution in [0.2, 0.25) is 0 Å². The molecule has 16 heavy (non-hydrogen) atoms. The molecule has 0 N–H and O–H groups in total. The van der Waals surface area contributed by atoms with Gasteiger partial charge in [0.05, 0.1) is 6.54 Å². The smallest absolute Gasteiger partial charge is 0.173 e. The molecule has 3 nitrogen and oxygen atoms in total. The molecule has 0 spiro atoms. The molecule has 1 aromatic carbocycles. The third-order valence-corrected chi connectivity index (χ3v) is 2.15. The van der Waals surface area contributed by atoms with E-state index in [1.165, 1.54) is 16.8 Å². The molecule has 2 aromatic rings. The fraction of sp³-hybridized carbons (Fsp3) is 0.0909. The molecule has 0 fully saturated rings. The van der Waals surface area contributed by atoms with Gasteiger partial charge in [0.1, 0.15) is 0 Å². The van der Waals surface area contributed by atoms with Crippen molar-refractivity contribution in [2.45, 2.75) is 6.54 Å². The first-order chi connectivity index (χ1) is 7.70. The Kier molecular flexibility index (Phi) is 2.76. The van der Waals surface area contributed by atoms with Crippen molar-refractivity contribution in [1.82, 2.24) is 9.78 Å². The Morgan fingerprint density at radius 2 is 2.12 bits per heavy atom. The van der Waals surface area contributed by atoms with E-state index in [9.17, 15) is 8.78 Å². The van der Waals surface area contributed by atoms with Crippen LogP contribution in [0.15, 0.2) is 35.5 Å². The molecule has 0 amide bonds. The minimum Gasteiger partial charge on any atom is -0.266 e. The Bertz CT molecular complexity index is 520. The molecule has 5 heteroatoms. The number of rotatable bonds is 3. The van der Waals surface area contributed by atoms with Crippen LogP contribution in [0.4, 0.5) is 14.6 Å². The summed E-state index contributed by atoms with van der Waals surface area (Å²) < 4.78 is 27.7. The average molecular weight is 221 g/mol. The fourth-order valence-electron chi connectivity index (χ4n) is 1.37. The van der Waals surface area contributed by atoms with E-state index in [0.29, 0.717) is 5.82 Å². The quantitative estimate of drug-likeness (QED) is 0.732. The molecule has 1 aromatic heterocycles. The second kappa shape index (κ2) is 4.22. The van der Waals surface area contributed by atoms with Gasteiger partial charge < -0.3 is 0 Å². The van der Waals surface area contributed by atoms with E-state index >= 15 is 0 Å².